The Morgan fingerprint density at radius 1 is 0.826 bits per heavy atom. The van der Waals surface area contributed by atoms with Gasteiger partial charge in [-0.1, -0.05) is 6.92 Å². The second-order valence-corrected chi connectivity index (χ2v) is 5.33. The number of ether oxygens (including phenoxy) is 2. The molecule has 0 heterocycles. The summed E-state index contributed by atoms with van der Waals surface area (Å²) in [6.45, 7) is 3.30. The van der Waals surface area contributed by atoms with Crippen LogP contribution in [0.2, 0.25) is 0 Å². The molecule has 4 heteroatoms. The summed E-state index contributed by atoms with van der Waals surface area (Å²) in [6, 6.07) is 18.3. The van der Waals surface area contributed by atoms with Gasteiger partial charge in [-0.15, -0.1) is 0 Å². The molecule has 0 saturated carbocycles. The lowest BCUT2D eigenvalue weighted by atomic mass is 10.1. The molecule has 116 valence electrons. The molecular formula is C19H18N2O2. The minimum Gasteiger partial charge on any atom is -0.494 e. The molecule has 0 amide bonds. The molecule has 0 saturated heterocycles. The molecule has 2 rings (SSSR count). The van der Waals surface area contributed by atoms with E-state index in [-0.39, 0.29) is 0 Å². The Hall–Kier alpha value is -2.98. The molecule has 0 radical (unpaired) electrons. The molecule has 0 spiro atoms. The summed E-state index contributed by atoms with van der Waals surface area (Å²) >= 11 is 0. The fourth-order valence-electron chi connectivity index (χ4n) is 1.95. The Kier molecular flexibility index (Phi) is 6.03. The first-order chi connectivity index (χ1) is 11.2. The lowest BCUT2D eigenvalue weighted by molar-refractivity contribution is 0.217. The third kappa shape index (κ3) is 5.37. The molecule has 4 nitrogen and oxygen atoms in total. The fourth-order valence-corrected chi connectivity index (χ4v) is 1.95. The summed E-state index contributed by atoms with van der Waals surface area (Å²) in [5, 5.41) is 17.5. The van der Waals surface area contributed by atoms with Gasteiger partial charge in [0.15, 0.2) is 0 Å². The first kappa shape index (κ1) is 16.4. The molecule has 0 aliphatic rings. The normalized spacial score (nSPS) is 11.1. The second kappa shape index (κ2) is 8.46. The average Bonchev–Trinajstić information content (AvgIpc) is 2.61. The molecule has 2 aromatic rings. The highest BCUT2D eigenvalue weighted by molar-refractivity contribution is 5.35. The maximum atomic E-state index is 8.75. The van der Waals surface area contributed by atoms with Crippen LogP contribution in [0.5, 0.6) is 11.5 Å². The molecule has 2 aromatic carbocycles. The maximum absolute atomic E-state index is 8.75. The van der Waals surface area contributed by atoms with E-state index in [1.54, 1.807) is 48.5 Å². The lowest BCUT2D eigenvalue weighted by Gasteiger charge is -2.14. The number of hydrogen-bond donors (Lipinski definition) is 0. The first-order valence-corrected chi connectivity index (χ1v) is 7.47. The molecule has 0 aliphatic carbocycles. The summed E-state index contributed by atoms with van der Waals surface area (Å²) < 4.78 is 11.4. The zero-order chi connectivity index (χ0) is 16.5. The Bertz CT molecular complexity index is 694. The maximum Gasteiger partial charge on any atom is 0.119 e. The Labute approximate surface area is 136 Å². The van der Waals surface area contributed by atoms with Crippen molar-refractivity contribution in [1.29, 1.82) is 10.5 Å². The molecule has 0 fully saturated rings. The first-order valence-electron chi connectivity index (χ1n) is 7.47. The number of benzene rings is 2. The summed E-state index contributed by atoms with van der Waals surface area (Å²) in [5.41, 5.74) is 1.25. The smallest absolute Gasteiger partial charge is 0.119 e. The van der Waals surface area contributed by atoms with E-state index in [2.05, 4.69) is 19.1 Å². The quantitative estimate of drug-likeness (QED) is 0.777. The van der Waals surface area contributed by atoms with E-state index in [0.717, 1.165) is 17.9 Å². The second-order valence-electron chi connectivity index (χ2n) is 5.33. The van der Waals surface area contributed by atoms with E-state index < -0.39 is 0 Å². The van der Waals surface area contributed by atoms with Crippen molar-refractivity contribution < 1.29 is 9.47 Å². The van der Waals surface area contributed by atoms with Crippen LogP contribution in [0, 0.1) is 28.6 Å². The van der Waals surface area contributed by atoms with Crippen molar-refractivity contribution in [3.05, 3.63) is 59.7 Å². The van der Waals surface area contributed by atoms with Crippen LogP contribution in [0.1, 0.15) is 24.5 Å². The topological polar surface area (TPSA) is 66.0 Å². The molecular weight excluding hydrogens is 288 g/mol. The van der Waals surface area contributed by atoms with Gasteiger partial charge in [0.25, 0.3) is 0 Å². The summed E-state index contributed by atoms with van der Waals surface area (Å²) in [7, 11) is 0. The van der Waals surface area contributed by atoms with E-state index in [1.807, 2.05) is 0 Å². The van der Waals surface area contributed by atoms with Crippen LogP contribution in [0.15, 0.2) is 48.5 Å². The van der Waals surface area contributed by atoms with Gasteiger partial charge in [0.1, 0.15) is 11.5 Å². The van der Waals surface area contributed by atoms with Crippen LogP contribution in [-0.4, -0.2) is 13.2 Å². The van der Waals surface area contributed by atoms with Crippen molar-refractivity contribution in [3.8, 4) is 23.6 Å². The SMILES string of the molecule is C[C@@H](CCOc1ccc(C#N)cc1)COc1ccc(C#N)cc1. The number of hydrogen-bond acceptors (Lipinski definition) is 4. The molecule has 0 aliphatic heterocycles. The predicted octanol–water partition coefficient (Wildman–Crippen LogP) is 3.91. The van der Waals surface area contributed by atoms with Crippen molar-refractivity contribution in [2.45, 2.75) is 13.3 Å². The van der Waals surface area contributed by atoms with Crippen LogP contribution in [0.4, 0.5) is 0 Å². The monoisotopic (exact) mass is 306 g/mol. The van der Waals surface area contributed by atoms with Crippen LogP contribution in [0.3, 0.4) is 0 Å². The van der Waals surface area contributed by atoms with Gasteiger partial charge in [-0.25, -0.2) is 0 Å². The Balaban J connectivity index is 1.69. The molecule has 1 atom stereocenters. The van der Waals surface area contributed by atoms with Crippen molar-refractivity contribution in [2.75, 3.05) is 13.2 Å². The van der Waals surface area contributed by atoms with Gasteiger partial charge >= 0.3 is 0 Å². The van der Waals surface area contributed by atoms with E-state index in [9.17, 15) is 0 Å². The van der Waals surface area contributed by atoms with Crippen molar-refractivity contribution >= 4 is 0 Å². The zero-order valence-corrected chi connectivity index (χ0v) is 13.0. The Morgan fingerprint density at radius 3 is 1.78 bits per heavy atom. The zero-order valence-electron chi connectivity index (χ0n) is 13.0. The predicted molar refractivity (Wildman–Crippen MR) is 87.1 cm³/mol. The van der Waals surface area contributed by atoms with Crippen LogP contribution < -0.4 is 9.47 Å². The van der Waals surface area contributed by atoms with Crippen LogP contribution >= 0.6 is 0 Å². The van der Waals surface area contributed by atoms with Gasteiger partial charge in [-0.3, -0.25) is 0 Å². The van der Waals surface area contributed by atoms with Gasteiger partial charge in [0.05, 0.1) is 36.5 Å². The highest BCUT2D eigenvalue weighted by Crippen LogP contribution is 2.15. The molecule has 23 heavy (non-hydrogen) atoms. The molecule has 0 N–H and O–H groups in total. The van der Waals surface area contributed by atoms with Gasteiger partial charge in [-0.2, -0.15) is 10.5 Å². The lowest BCUT2D eigenvalue weighted by Crippen LogP contribution is -2.12. The summed E-state index contributed by atoms with van der Waals surface area (Å²) in [4.78, 5) is 0. The van der Waals surface area contributed by atoms with Gasteiger partial charge in [0, 0.05) is 0 Å². The number of nitriles is 2. The standard InChI is InChI=1S/C19H18N2O2/c1-15(14-23-19-8-4-17(13-21)5-9-19)10-11-22-18-6-2-16(12-20)3-7-18/h2-9,15H,10-11,14H2,1H3/t15-/m0/s1. The minimum atomic E-state index is 0.351. The molecule has 0 unspecified atom stereocenters. The fraction of sp³-hybridized carbons (Fsp3) is 0.263. The number of rotatable bonds is 7. The summed E-state index contributed by atoms with van der Waals surface area (Å²) in [6.07, 6.45) is 0.871. The van der Waals surface area contributed by atoms with Crippen molar-refractivity contribution in [2.24, 2.45) is 5.92 Å². The van der Waals surface area contributed by atoms with E-state index in [4.69, 9.17) is 20.0 Å². The highest BCUT2D eigenvalue weighted by Gasteiger charge is 2.05. The van der Waals surface area contributed by atoms with E-state index in [1.165, 1.54) is 0 Å². The molecule has 0 aromatic heterocycles. The minimum absolute atomic E-state index is 0.351. The van der Waals surface area contributed by atoms with E-state index >= 15 is 0 Å². The highest BCUT2D eigenvalue weighted by atomic mass is 16.5. The van der Waals surface area contributed by atoms with Crippen molar-refractivity contribution in [3.63, 3.8) is 0 Å². The van der Waals surface area contributed by atoms with E-state index in [0.29, 0.717) is 30.3 Å². The largest absolute Gasteiger partial charge is 0.494 e. The van der Waals surface area contributed by atoms with Crippen LogP contribution in [-0.2, 0) is 0 Å². The summed E-state index contributed by atoms with van der Waals surface area (Å²) in [5.74, 6) is 1.89. The third-order valence-corrected chi connectivity index (χ3v) is 3.38. The molecule has 0 bridgehead atoms. The number of nitrogens with zero attached hydrogens (tertiary/aromatic N) is 2. The average molecular weight is 306 g/mol. The van der Waals surface area contributed by atoms with Gasteiger partial charge in [0.2, 0.25) is 0 Å². The van der Waals surface area contributed by atoms with Crippen LogP contribution in [0.25, 0.3) is 0 Å². The third-order valence-electron chi connectivity index (χ3n) is 3.38. The van der Waals surface area contributed by atoms with Gasteiger partial charge < -0.3 is 9.47 Å². The Morgan fingerprint density at radius 2 is 1.30 bits per heavy atom. The van der Waals surface area contributed by atoms with Gasteiger partial charge in [-0.05, 0) is 60.9 Å². The van der Waals surface area contributed by atoms with Crippen molar-refractivity contribution in [1.82, 2.24) is 0 Å².